The number of hydrogen-bond acceptors (Lipinski definition) is 1. The Morgan fingerprint density at radius 1 is 1.05 bits per heavy atom. The molecule has 2 unspecified atom stereocenters. The Balaban J connectivity index is 2.12. The molecule has 0 amide bonds. The normalized spacial score (nSPS) is 23.4. The lowest BCUT2D eigenvalue weighted by Crippen LogP contribution is -2.51. The van der Waals surface area contributed by atoms with Gasteiger partial charge in [0, 0.05) is 18.6 Å². The van der Waals surface area contributed by atoms with Crippen molar-refractivity contribution < 1.29 is 0 Å². The average molecular weight is 285 g/mol. The third kappa shape index (κ3) is 6.11. The molecule has 1 fully saturated rings. The summed E-state index contributed by atoms with van der Waals surface area (Å²) < 4.78 is 0. The zero-order chi connectivity index (χ0) is 14.1. The molecule has 0 bridgehead atoms. The van der Waals surface area contributed by atoms with E-state index in [1.165, 1.54) is 57.8 Å². The first-order valence-corrected chi connectivity index (χ1v) is 8.63. The molecule has 2 atom stereocenters. The monoisotopic (exact) mass is 284 g/mol. The van der Waals surface area contributed by atoms with Crippen LogP contribution in [0.2, 0.25) is 0 Å². The number of rotatable bonds is 7. The van der Waals surface area contributed by atoms with Crippen LogP contribution in [-0.2, 0) is 0 Å². The topological polar surface area (TPSA) is 15.3 Å². The molecule has 1 heterocycles. The molecule has 112 valence electrons. The van der Waals surface area contributed by atoms with Gasteiger partial charge in [-0.25, -0.2) is 0 Å². The minimum Gasteiger partial charge on any atom is -0.363 e. The van der Waals surface area contributed by atoms with E-state index in [4.69, 9.17) is 12.2 Å². The molecule has 0 spiro atoms. The lowest BCUT2D eigenvalue weighted by atomic mass is 9.98. The summed E-state index contributed by atoms with van der Waals surface area (Å²) in [7, 11) is 0. The fourth-order valence-electron chi connectivity index (χ4n) is 3.01. The fraction of sp³-hybridized carbons (Fsp3) is 0.938. The van der Waals surface area contributed by atoms with Gasteiger partial charge in [-0.3, -0.25) is 0 Å². The van der Waals surface area contributed by atoms with E-state index in [2.05, 4.69) is 31.0 Å². The number of thiocarbonyl (C=S) groups is 1. The smallest absolute Gasteiger partial charge is 0.169 e. The van der Waals surface area contributed by atoms with E-state index in [1.54, 1.807) is 0 Å². The number of nitrogens with one attached hydrogen (secondary N) is 1. The molecule has 0 radical (unpaired) electrons. The largest absolute Gasteiger partial charge is 0.363 e. The average Bonchev–Trinajstić information content (AvgIpc) is 2.37. The van der Waals surface area contributed by atoms with Crippen molar-refractivity contribution in [3.63, 3.8) is 0 Å². The molecule has 0 saturated carbocycles. The van der Waals surface area contributed by atoms with Crippen molar-refractivity contribution in [2.75, 3.05) is 6.54 Å². The van der Waals surface area contributed by atoms with Gasteiger partial charge in [0.15, 0.2) is 5.11 Å². The Kier molecular flexibility index (Phi) is 8.43. The van der Waals surface area contributed by atoms with Crippen LogP contribution in [0.4, 0.5) is 0 Å². The third-order valence-corrected chi connectivity index (χ3v) is 4.59. The first kappa shape index (κ1) is 16.7. The molecule has 19 heavy (non-hydrogen) atoms. The Hall–Kier alpha value is -0.310. The number of likely N-dealkylation sites (tertiary alicyclic amines) is 1. The highest BCUT2D eigenvalue weighted by Gasteiger charge is 2.26. The standard InChI is InChI=1S/C16H32N2S/c1-4-5-6-7-8-9-13-17-16(19)18-14(2)11-10-12-15(18)3/h14-15H,4-13H2,1-3H3,(H,17,19). The van der Waals surface area contributed by atoms with Gasteiger partial charge in [-0.05, 0) is 51.7 Å². The number of hydrogen-bond donors (Lipinski definition) is 1. The van der Waals surface area contributed by atoms with Gasteiger partial charge >= 0.3 is 0 Å². The second kappa shape index (κ2) is 9.57. The summed E-state index contributed by atoms with van der Waals surface area (Å²) in [4.78, 5) is 2.41. The van der Waals surface area contributed by atoms with Gasteiger partial charge < -0.3 is 10.2 Å². The summed E-state index contributed by atoms with van der Waals surface area (Å²) in [5, 5.41) is 4.44. The van der Waals surface area contributed by atoms with E-state index in [9.17, 15) is 0 Å². The van der Waals surface area contributed by atoms with Crippen LogP contribution in [0.25, 0.3) is 0 Å². The quantitative estimate of drug-likeness (QED) is 0.548. The van der Waals surface area contributed by atoms with E-state index in [0.29, 0.717) is 12.1 Å². The van der Waals surface area contributed by atoms with Gasteiger partial charge in [-0.1, -0.05) is 39.0 Å². The van der Waals surface area contributed by atoms with Crippen molar-refractivity contribution >= 4 is 17.3 Å². The highest BCUT2D eigenvalue weighted by Crippen LogP contribution is 2.22. The van der Waals surface area contributed by atoms with Gasteiger partial charge in [0.2, 0.25) is 0 Å². The molecule has 0 aliphatic carbocycles. The second-order valence-corrected chi connectivity index (χ2v) is 6.42. The van der Waals surface area contributed by atoms with E-state index >= 15 is 0 Å². The van der Waals surface area contributed by atoms with Crippen LogP contribution >= 0.6 is 12.2 Å². The minimum atomic E-state index is 0.605. The molecular weight excluding hydrogens is 252 g/mol. The minimum absolute atomic E-state index is 0.605. The molecule has 0 aromatic rings. The summed E-state index contributed by atoms with van der Waals surface area (Å²) >= 11 is 5.56. The van der Waals surface area contributed by atoms with Crippen LogP contribution in [0.1, 0.15) is 78.6 Å². The van der Waals surface area contributed by atoms with Crippen LogP contribution in [0, 0.1) is 0 Å². The maximum absolute atomic E-state index is 5.56. The molecule has 1 saturated heterocycles. The summed E-state index contributed by atoms with van der Waals surface area (Å²) in [6.07, 6.45) is 12.0. The van der Waals surface area contributed by atoms with Gasteiger partial charge in [0.1, 0.15) is 0 Å². The third-order valence-electron chi connectivity index (χ3n) is 4.23. The number of unbranched alkanes of at least 4 members (excludes halogenated alkanes) is 5. The van der Waals surface area contributed by atoms with Crippen molar-refractivity contribution in [2.24, 2.45) is 0 Å². The van der Waals surface area contributed by atoms with Gasteiger partial charge in [0.05, 0.1) is 0 Å². The lowest BCUT2D eigenvalue weighted by Gasteiger charge is -2.41. The Bertz CT molecular complexity index is 245. The summed E-state index contributed by atoms with van der Waals surface area (Å²) in [6, 6.07) is 1.21. The molecule has 1 rings (SSSR count). The predicted molar refractivity (Wildman–Crippen MR) is 88.6 cm³/mol. The van der Waals surface area contributed by atoms with Crippen LogP contribution in [0.15, 0.2) is 0 Å². The molecule has 1 aliphatic rings. The van der Waals surface area contributed by atoms with Crippen LogP contribution in [0.3, 0.4) is 0 Å². The zero-order valence-corrected chi connectivity index (χ0v) is 13.9. The van der Waals surface area contributed by atoms with Crippen LogP contribution in [-0.4, -0.2) is 28.6 Å². The molecule has 1 N–H and O–H groups in total. The van der Waals surface area contributed by atoms with E-state index in [-0.39, 0.29) is 0 Å². The second-order valence-electron chi connectivity index (χ2n) is 6.04. The molecule has 2 nitrogen and oxygen atoms in total. The van der Waals surface area contributed by atoms with E-state index in [1.807, 2.05) is 0 Å². The predicted octanol–water partition coefficient (Wildman–Crippen LogP) is 4.48. The Labute approximate surface area is 125 Å². The molecule has 1 aliphatic heterocycles. The first-order valence-electron chi connectivity index (χ1n) is 8.23. The SMILES string of the molecule is CCCCCCCCNC(=S)N1C(C)CCCC1C. The molecule has 3 heteroatoms. The first-order chi connectivity index (χ1) is 9.16. The van der Waals surface area contributed by atoms with Crippen molar-refractivity contribution in [3.05, 3.63) is 0 Å². The zero-order valence-electron chi connectivity index (χ0n) is 13.1. The van der Waals surface area contributed by atoms with Gasteiger partial charge in [-0.2, -0.15) is 0 Å². The maximum atomic E-state index is 5.56. The lowest BCUT2D eigenvalue weighted by molar-refractivity contribution is 0.189. The molecule has 0 aromatic carbocycles. The van der Waals surface area contributed by atoms with Crippen molar-refractivity contribution in [2.45, 2.75) is 90.6 Å². The van der Waals surface area contributed by atoms with E-state index in [0.717, 1.165) is 11.7 Å². The summed E-state index contributed by atoms with van der Waals surface area (Å²) in [5.74, 6) is 0. The molecule has 0 aromatic heterocycles. The van der Waals surface area contributed by atoms with Crippen LogP contribution < -0.4 is 5.32 Å². The highest BCUT2D eigenvalue weighted by atomic mass is 32.1. The Morgan fingerprint density at radius 3 is 2.26 bits per heavy atom. The number of piperidine rings is 1. The summed E-state index contributed by atoms with van der Waals surface area (Å²) in [6.45, 7) is 7.91. The Morgan fingerprint density at radius 2 is 1.63 bits per heavy atom. The highest BCUT2D eigenvalue weighted by molar-refractivity contribution is 7.80. The van der Waals surface area contributed by atoms with Crippen molar-refractivity contribution in [3.8, 4) is 0 Å². The summed E-state index contributed by atoms with van der Waals surface area (Å²) in [5.41, 5.74) is 0. The van der Waals surface area contributed by atoms with Gasteiger partial charge in [-0.15, -0.1) is 0 Å². The maximum Gasteiger partial charge on any atom is 0.169 e. The number of nitrogens with zero attached hydrogens (tertiary/aromatic N) is 1. The van der Waals surface area contributed by atoms with Crippen molar-refractivity contribution in [1.29, 1.82) is 0 Å². The molecular formula is C16H32N2S. The van der Waals surface area contributed by atoms with Gasteiger partial charge in [0.25, 0.3) is 0 Å². The van der Waals surface area contributed by atoms with Crippen molar-refractivity contribution in [1.82, 2.24) is 10.2 Å². The fourth-order valence-corrected chi connectivity index (χ4v) is 3.48. The van der Waals surface area contributed by atoms with Crippen LogP contribution in [0.5, 0.6) is 0 Å². The van der Waals surface area contributed by atoms with E-state index < -0.39 is 0 Å².